The van der Waals surface area contributed by atoms with Crippen LogP contribution in [0.5, 0.6) is 0 Å². The van der Waals surface area contributed by atoms with Crippen molar-refractivity contribution in [1.82, 2.24) is 4.98 Å². The molecule has 1 N–H and O–H groups in total. The van der Waals surface area contributed by atoms with E-state index in [1.54, 1.807) is 33.0 Å². The van der Waals surface area contributed by atoms with E-state index in [9.17, 15) is 19.2 Å². The van der Waals surface area contributed by atoms with Gasteiger partial charge in [-0.05, 0) is 12.1 Å². The highest BCUT2D eigenvalue weighted by atomic mass is 16.7. The van der Waals surface area contributed by atoms with Gasteiger partial charge in [-0.15, -0.1) is 0 Å². The zero-order valence-corrected chi connectivity index (χ0v) is 19.9. The lowest BCUT2D eigenvalue weighted by atomic mass is 10.0. The van der Waals surface area contributed by atoms with Crippen molar-refractivity contribution in [2.75, 3.05) is 6.61 Å². The summed E-state index contributed by atoms with van der Waals surface area (Å²) in [6.45, 7) is 4.56. The Morgan fingerprint density at radius 3 is 2.23 bits per heavy atom. The molecule has 0 unspecified atom stereocenters. The Kier molecular flexibility index (Phi) is 9.02. The third-order valence-corrected chi connectivity index (χ3v) is 5.32. The highest BCUT2D eigenvalue weighted by Crippen LogP contribution is 2.26. The van der Waals surface area contributed by atoms with Gasteiger partial charge in [-0.2, -0.15) is 0 Å². The number of esters is 4. The van der Waals surface area contributed by atoms with E-state index in [-0.39, 0.29) is 25.9 Å². The van der Waals surface area contributed by atoms with Crippen molar-refractivity contribution < 1.29 is 42.9 Å². The molecule has 2 aromatic rings. The second-order valence-corrected chi connectivity index (χ2v) is 7.76. The number of benzene rings is 1. The number of rotatable bonds is 9. The van der Waals surface area contributed by atoms with Gasteiger partial charge in [0.2, 0.25) is 12.4 Å². The van der Waals surface area contributed by atoms with E-state index < -0.39 is 48.5 Å². The van der Waals surface area contributed by atoms with Crippen molar-refractivity contribution >= 4 is 40.9 Å². The smallest absolute Gasteiger partial charge is 0.333 e. The highest BCUT2D eigenvalue weighted by molar-refractivity contribution is 5.94. The maximum Gasteiger partial charge on any atom is 0.333 e. The molecule has 1 aliphatic rings. The maximum absolute atomic E-state index is 12.6. The summed E-state index contributed by atoms with van der Waals surface area (Å²) in [4.78, 5) is 51.8. The number of para-hydroxylation sites is 1. The number of carbonyl (C=O) groups excluding carboxylic acids is 4. The Morgan fingerprint density at radius 2 is 1.54 bits per heavy atom. The molecule has 4 atom stereocenters. The monoisotopic (exact) mass is 487 g/mol. The first kappa shape index (κ1) is 26.0. The molecule has 10 nitrogen and oxygen atoms in total. The molecule has 0 amide bonds. The lowest BCUT2D eigenvalue weighted by Gasteiger charge is -2.39. The molecule has 188 valence electrons. The van der Waals surface area contributed by atoms with Crippen LogP contribution in [-0.4, -0.2) is 60.1 Å². The van der Waals surface area contributed by atoms with Crippen molar-refractivity contribution in [3.8, 4) is 0 Å². The Hall–Kier alpha value is -3.66. The van der Waals surface area contributed by atoms with Crippen LogP contribution in [0, 0.1) is 0 Å². The SMILES string of the molecule is CCC(=O)O[C@@H]1[C@@H](OC(=O)CC)[C@@H](OC(=O)/C=C/c2c[nH]c3ccccc23)OC[C@H]1OC(=O)CC. The minimum Gasteiger partial charge on any atom is -0.456 e. The van der Waals surface area contributed by atoms with Gasteiger partial charge in [0.25, 0.3) is 0 Å². The number of carbonyl (C=O) groups is 4. The van der Waals surface area contributed by atoms with Crippen molar-refractivity contribution in [1.29, 1.82) is 0 Å². The second-order valence-electron chi connectivity index (χ2n) is 7.76. The summed E-state index contributed by atoms with van der Waals surface area (Å²) in [5.41, 5.74) is 1.69. The lowest BCUT2D eigenvalue weighted by Crippen LogP contribution is -2.58. The first-order chi connectivity index (χ1) is 16.9. The average molecular weight is 488 g/mol. The summed E-state index contributed by atoms with van der Waals surface area (Å²) >= 11 is 0. The molecule has 0 aliphatic carbocycles. The zero-order valence-electron chi connectivity index (χ0n) is 19.9. The maximum atomic E-state index is 12.6. The largest absolute Gasteiger partial charge is 0.456 e. The number of aromatic nitrogens is 1. The predicted octanol–water partition coefficient (Wildman–Crippen LogP) is 3.05. The van der Waals surface area contributed by atoms with Crippen LogP contribution in [0.25, 0.3) is 17.0 Å². The molecule has 1 aromatic carbocycles. The molecule has 0 spiro atoms. The first-order valence-electron chi connectivity index (χ1n) is 11.5. The number of H-pyrrole nitrogens is 1. The van der Waals surface area contributed by atoms with Gasteiger partial charge in [0.05, 0.1) is 6.61 Å². The van der Waals surface area contributed by atoms with E-state index in [0.717, 1.165) is 16.5 Å². The van der Waals surface area contributed by atoms with E-state index in [2.05, 4.69) is 4.98 Å². The van der Waals surface area contributed by atoms with Crippen molar-refractivity contribution in [3.63, 3.8) is 0 Å². The van der Waals surface area contributed by atoms with E-state index in [4.69, 9.17) is 23.7 Å². The minimum atomic E-state index is -1.38. The third kappa shape index (κ3) is 6.69. The van der Waals surface area contributed by atoms with E-state index in [1.807, 2.05) is 24.3 Å². The third-order valence-electron chi connectivity index (χ3n) is 5.32. The number of hydrogen-bond donors (Lipinski definition) is 1. The summed E-state index contributed by atoms with van der Waals surface area (Å²) in [5, 5.41) is 0.923. The topological polar surface area (TPSA) is 130 Å². The minimum absolute atomic E-state index is 0.0193. The fourth-order valence-electron chi connectivity index (χ4n) is 3.48. The van der Waals surface area contributed by atoms with Gasteiger partial charge in [-0.1, -0.05) is 39.0 Å². The van der Waals surface area contributed by atoms with Gasteiger partial charge in [0.15, 0.2) is 12.2 Å². The molecule has 35 heavy (non-hydrogen) atoms. The second kappa shape index (κ2) is 12.2. The Labute approximate surface area is 202 Å². The van der Waals surface area contributed by atoms with Gasteiger partial charge in [0.1, 0.15) is 0 Å². The van der Waals surface area contributed by atoms with Gasteiger partial charge < -0.3 is 28.7 Å². The van der Waals surface area contributed by atoms with Crippen LogP contribution in [0.2, 0.25) is 0 Å². The van der Waals surface area contributed by atoms with Gasteiger partial charge in [0, 0.05) is 48.0 Å². The van der Waals surface area contributed by atoms with Crippen LogP contribution in [0.1, 0.15) is 45.6 Å². The number of nitrogens with one attached hydrogen (secondary N) is 1. The molecule has 1 saturated heterocycles. The van der Waals surface area contributed by atoms with Crippen molar-refractivity contribution in [2.45, 2.75) is 64.6 Å². The summed E-state index contributed by atoms with van der Waals surface area (Å²) in [6, 6.07) is 7.60. The molecule has 2 heterocycles. The van der Waals surface area contributed by atoms with Gasteiger partial charge >= 0.3 is 23.9 Å². The van der Waals surface area contributed by atoms with Crippen molar-refractivity contribution in [2.24, 2.45) is 0 Å². The van der Waals surface area contributed by atoms with Gasteiger partial charge in [-0.3, -0.25) is 14.4 Å². The summed E-state index contributed by atoms with van der Waals surface area (Å²) in [6.07, 6.45) is -0.258. The number of aromatic amines is 1. The van der Waals surface area contributed by atoms with Crippen LogP contribution in [-0.2, 0) is 42.9 Å². The summed E-state index contributed by atoms with van der Waals surface area (Å²) < 4.78 is 27.2. The average Bonchev–Trinajstić information content (AvgIpc) is 3.28. The van der Waals surface area contributed by atoms with E-state index in [0.29, 0.717) is 0 Å². The fourth-order valence-corrected chi connectivity index (χ4v) is 3.48. The van der Waals surface area contributed by atoms with Crippen LogP contribution in [0.4, 0.5) is 0 Å². The highest BCUT2D eigenvalue weighted by Gasteiger charge is 2.49. The van der Waals surface area contributed by atoms with Crippen molar-refractivity contribution in [3.05, 3.63) is 42.1 Å². The first-order valence-corrected chi connectivity index (χ1v) is 11.5. The van der Waals surface area contributed by atoms with Gasteiger partial charge in [-0.25, -0.2) is 4.79 Å². The lowest BCUT2D eigenvalue weighted by molar-refractivity contribution is -0.273. The Morgan fingerprint density at radius 1 is 0.914 bits per heavy atom. The molecule has 10 heteroatoms. The molecular formula is C25H29NO9. The fraction of sp³-hybridized carbons (Fsp3) is 0.440. The van der Waals surface area contributed by atoms with Crippen LogP contribution < -0.4 is 0 Å². The molecule has 1 aliphatic heterocycles. The summed E-state index contributed by atoms with van der Waals surface area (Å²) in [7, 11) is 0. The molecular weight excluding hydrogens is 458 g/mol. The molecule has 0 bridgehead atoms. The molecule has 1 fully saturated rings. The number of ether oxygens (including phenoxy) is 5. The van der Waals surface area contributed by atoms with Crippen LogP contribution in [0.3, 0.4) is 0 Å². The normalized spacial score (nSPS) is 22.0. The molecule has 1 aromatic heterocycles. The molecule has 0 saturated carbocycles. The predicted molar refractivity (Wildman–Crippen MR) is 124 cm³/mol. The van der Waals surface area contributed by atoms with Crippen LogP contribution >= 0.6 is 0 Å². The summed E-state index contributed by atoms with van der Waals surface area (Å²) in [5.74, 6) is -2.54. The number of hydrogen-bond acceptors (Lipinski definition) is 9. The molecule has 0 radical (unpaired) electrons. The van der Waals surface area contributed by atoms with Crippen LogP contribution in [0.15, 0.2) is 36.5 Å². The Bertz CT molecular complexity index is 1090. The van der Waals surface area contributed by atoms with E-state index in [1.165, 1.54) is 6.08 Å². The van der Waals surface area contributed by atoms with E-state index >= 15 is 0 Å². The molecule has 3 rings (SSSR count). The Balaban J connectivity index is 1.80. The standard InChI is InChI=1S/C25H29NO9/c1-4-19(27)32-18-14-31-25(24(34-21(29)6-3)23(18)33-20(28)5-2)35-22(30)12-11-15-13-26-17-10-8-7-9-16(15)17/h7-13,18,23-26H,4-6,14H2,1-3H3/b12-11+/t18-,23+,24-,25-/m1/s1. The zero-order chi connectivity index (χ0) is 25.4. The number of fused-ring (bicyclic) bond motifs is 1. The quantitative estimate of drug-likeness (QED) is 0.322.